The van der Waals surface area contributed by atoms with Crippen molar-refractivity contribution in [3.63, 3.8) is 0 Å². The van der Waals surface area contributed by atoms with Crippen LogP contribution in [0.4, 0.5) is 4.39 Å². The molecule has 1 aromatic carbocycles. The van der Waals surface area contributed by atoms with E-state index in [1.54, 1.807) is 6.07 Å². The summed E-state index contributed by atoms with van der Waals surface area (Å²) in [5.74, 6) is -0.184. The molecule has 1 aromatic heterocycles. The Labute approximate surface area is 89.6 Å². The van der Waals surface area contributed by atoms with Gasteiger partial charge in [0, 0.05) is 9.60 Å². The van der Waals surface area contributed by atoms with Crippen LogP contribution in [0.5, 0.6) is 0 Å². The predicted molar refractivity (Wildman–Crippen MR) is 59.5 cm³/mol. The zero-order valence-electron chi connectivity index (χ0n) is 7.58. The van der Waals surface area contributed by atoms with Gasteiger partial charge >= 0.3 is 0 Å². The SMILES string of the molecule is CSc1cc2c(CO)csc2cc1F. The van der Waals surface area contributed by atoms with Gasteiger partial charge in [-0.25, -0.2) is 4.39 Å². The molecule has 0 atom stereocenters. The van der Waals surface area contributed by atoms with E-state index in [4.69, 9.17) is 5.11 Å². The Morgan fingerprint density at radius 1 is 1.50 bits per heavy atom. The van der Waals surface area contributed by atoms with Gasteiger partial charge in [-0.05, 0) is 34.7 Å². The maximum atomic E-state index is 13.4. The van der Waals surface area contributed by atoms with Crippen molar-refractivity contribution in [2.45, 2.75) is 11.5 Å². The first kappa shape index (κ1) is 9.96. The summed E-state index contributed by atoms with van der Waals surface area (Å²) < 4.78 is 14.2. The molecule has 2 aromatic rings. The summed E-state index contributed by atoms with van der Waals surface area (Å²) in [6.07, 6.45) is 1.84. The molecule has 2 rings (SSSR count). The summed E-state index contributed by atoms with van der Waals surface area (Å²) in [6, 6.07) is 3.34. The highest BCUT2D eigenvalue weighted by Gasteiger charge is 2.08. The van der Waals surface area contributed by atoms with Gasteiger partial charge in [0.05, 0.1) is 6.61 Å². The van der Waals surface area contributed by atoms with Crippen LogP contribution in [-0.4, -0.2) is 11.4 Å². The number of hydrogen-bond acceptors (Lipinski definition) is 3. The molecule has 0 spiro atoms. The first-order valence-corrected chi connectivity index (χ1v) is 6.21. The van der Waals surface area contributed by atoms with Crippen molar-refractivity contribution in [1.29, 1.82) is 0 Å². The van der Waals surface area contributed by atoms with E-state index in [1.807, 2.05) is 11.6 Å². The summed E-state index contributed by atoms with van der Waals surface area (Å²) in [6.45, 7) is 0.0133. The quantitative estimate of drug-likeness (QED) is 0.796. The van der Waals surface area contributed by atoms with Crippen LogP contribution in [0, 0.1) is 5.82 Å². The van der Waals surface area contributed by atoms with Crippen molar-refractivity contribution in [3.8, 4) is 0 Å². The molecule has 74 valence electrons. The number of benzene rings is 1. The van der Waals surface area contributed by atoms with Crippen LogP contribution in [0.3, 0.4) is 0 Å². The lowest BCUT2D eigenvalue weighted by molar-refractivity contribution is 0.284. The van der Waals surface area contributed by atoms with Gasteiger partial charge in [0.15, 0.2) is 0 Å². The second-order valence-corrected chi connectivity index (χ2v) is 4.66. The number of aliphatic hydroxyl groups excluding tert-OH is 1. The normalized spacial score (nSPS) is 11.1. The second-order valence-electron chi connectivity index (χ2n) is 2.90. The van der Waals surface area contributed by atoms with E-state index in [2.05, 4.69) is 0 Å². The van der Waals surface area contributed by atoms with E-state index < -0.39 is 0 Å². The minimum atomic E-state index is -0.184. The molecular formula is C10H9FOS2. The number of rotatable bonds is 2. The highest BCUT2D eigenvalue weighted by Crippen LogP contribution is 2.31. The average Bonchev–Trinajstić information content (AvgIpc) is 2.58. The summed E-state index contributed by atoms with van der Waals surface area (Å²) in [5.41, 5.74) is 0.875. The Balaban J connectivity index is 2.70. The standard InChI is InChI=1S/C10H9FOS2/c1-13-10-2-7-6(4-12)5-14-9(7)3-8(10)11/h2-3,5,12H,4H2,1H3. The highest BCUT2D eigenvalue weighted by atomic mass is 32.2. The zero-order valence-corrected chi connectivity index (χ0v) is 9.21. The van der Waals surface area contributed by atoms with Gasteiger partial charge < -0.3 is 5.11 Å². The molecule has 1 nitrogen and oxygen atoms in total. The lowest BCUT2D eigenvalue weighted by Gasteiger charge is -2.00. The van der Waals surface area contributed by atoms with Crippen LogP contribution in [0.15, 0.2) is 22.4 Å². The summed E-state index contributed by atoms with van der Waals surface area (Å²) in [7, 11) is 0. The molecule has 0 aliphatic heterocycles. The van der Waals surface area contributed by atoms with Gasteiger partial charge in [-0.1, -0.05) is 0 Å². The summed E-state index contributed by atoms with van der Waals surface area (Å²) in [4.78, 5) is 0.630. The number of fused-ring (bicyclic) bond motifs is 1. The maximum Gasteiger partial charge on any atom is 0.138 e. The first-order chi connectivity index (χ1) is 6.76. The largest absolute Gasteiger partial charge is 0.392 e. The van der Waals surface area contributed by atoms with E-state index in [-0.39, 0.29) is 12.4 Å². The monoisotopic (exact) mass is 228 g/mol. The van der Waals surface area contributed by atoms with E-state index in [0.29, 0.717) is 4.90 Å². The molecule has 1 N–H and O–H groups in total. The molecular weight excluding hydrogens is 219 g/mol. The second kappa shape index (κ2) is 3.88. The fraction of sp³-hybridized carbons (Fsp3) is 0.200. The molecule has 0 unspecified atom stereocenters. The van der Waals surface area contributed by atoms with Gasteiger partial charge in [0.2, 0.25) is 0 Å². The van der Waals surface area contributed by atoms with Gasteiger partial charge in [0.1, 0.15) is 5.82 Å². The molecule has 14 heavy (non-hydrogen) atoms. The van der Waals surface area contributed by atoms with Crippen LogP contribution in [0.25, 0.3) is 10.1 Å². The third kappa shape index (κ3) is 1.54. The van der Waals surface area contributed by atoms with Gasteiger partial charge in [-0.3, -0.25) is 0 Å². The third-order valence-corrected chi connectivity index (χ3v) is 3.85. The third-order valence-electron chi connectivity index (χ3n) is 2.10. The molecule has 0 fully saturated rings. The fourth-order valence-corrected chi connectivity index (χ4v) is 2.81. The zero-order chi connectivity index (χ0) is 10.1. The molecule has 0 amide bonds. The average molecular weight is 228 g/mol. The van der Waals surface area contributed by atoms with E-state index in [0.717, 1.165) is 15.6 Å². The van der Waals surface area contributed by atoms with Crippen molar-refractivity contribution in [3.05, 3.63) is 28.9 Å². The highest BCUT2D eigenvalue weighted by molar-refractivity contribution is 7.98. The molecule has 0 saturated carbocycles. The number of hydrogen-bond donors (Lipinski definition) is 1. The number of thioether (sulfide) groups is 1. The minimum Gasteiger partial charge on any atom is -0.392 e. The lowest BCUT2D eigenvalue weighted by Crippen LogP contribution is -1.82. The van der Waals surface area contributed by atoms with Crippen LogP contribution in [-0.2, 0) is 6.61 Å². The predicted octanol–water partition coefficient (Wildman–Crippen LogP) is 3.25. The topological polar surface area (TPSA) is 20.2 Å². The van der Waals surface area contributed by atoms with E-state index >= 15 is 0 Å². The summed E-state index contributed by atoms with van der Waals surface area (Å²) >= 11 is 2.84. The maximum absolute atomic E-state index is 13.4. The minimum absolute atomic E-state index is 0.0133. The molecule has 1 heterocycles. The smallest absolute Gasteiger partial charge is 0.138 e. The lowest BCUT2D eigenvalue weighted by atomic mass is 10.2. The number of thiophene rings is 1. The van der Waals surface area contributed by atoms with E-state index in [9.17, 15) is 4.39 Å². The van der Waals surface area contributed by atoms with Crippen LogP contribution >= 0.6 is 23.1 Å². The Morgan fingerprint density at radius 3 is 2.93 bits per heavy atom. The number of halogens is 1. The Hall–Kier alpha value is -0.580. The van der Waals surface area contributed by atoms with Gasteiger partial charge in [0.25, 0.3) is 0 Å². The van der Waals surface area contributed by atoms with Crippen molar-refractivity contribution < 1.29 is 9.50 Å². The Kier molecular flexibility index (Phi) is 2.76. The van der Waals surface area contributed by atoms with Crippen molar-refractivity contribution in [1.82, 2.24) is 0 Å². The molecule has 0 radical (unpaired) electrons. The van der Waals surface area contributed by atoms with Crippen LogP contribution in [0.2, 0.25) is 0 Å². The molecule has 0 saturated heterocycles. The Morgan fingerprint density at radius 2 is 2.29 bits per heavy atom. The van der Waals surface area contributed by atoms with Gasteiger partial charge in [-0.15, -0.1) is 23.1 Å². The molecule has 0 aliphatic rings. The fourth-order valence-electron chi connectivity index (χ4n) is 1.36. The van der Waals surface area contributed by atoms with Crippen molar-refractivity contribution in [2.24, 2.45) is 0 Å². The van der Waals surface area contributed by atoms with Crippen molar-refractivity contribution in [2.75, 3.05) is 6.26 Å². The Bertz CT molecular complexity index is 464. The molecule has 0 bridgehead atoms. The first-order valence-electron chi connectivity index (χ1n) is 4.10. The van der Waals surface area contributed by atoms with Gasteiger partial charge in [-0.2, -0.15) is 0 Å². The summed E-state index contributed by atoms with van der Waals surface area (Å²) in [5, 5.41) is 11.9. The van der Waals surface area contributed by atoms with Crippen LogP contribution in [0.1, 0.15) is 5.56 Å². The van der Waals surface area contributed by atoms with E-state index in [1.165, 1.54) is 29.2 Å². The van der Waals surface area contributed by atoms with Crippen LogP contribution < -0.4 is 0 Å². The molecule has 4 heteroatoms. The van der Waals surface area contributed by atoms with Crippen molar-refractivity contribution >= 4 is 33.2 Å². The number of aliphatic hydroxyl groups is 1. The molecule has 0 aliphatic carbocycles.